The molecule has 3 aromatic carbocycles. The fraction of sp³-hybridized carbons (Fsp3) is 0.214. The van der Waals surface area contributed by atoms with Gasteiger partial charge in [0.15, 0.2) is 8.07 Å². The van der Waals surface area contributed by atoms with Crippen LogP contribution >= 0.6 is 0 Å². The first-order valence-corrected chi connectivity index (χ1v) is 12.6. The Morgan fingerprint density at radius 2 is 0.966 bits per heavy atom. The smallest absolute Gasteiger partial charge is 0.0624 e. The van der Waals surface area contributed by atoms with Crippen LogP contribution in [0.25, 0.3) is 11.1 Å². The van der Waals surface area contributed by atoms with Crippen LogP contribution in [0.2, 0.25) is 5.04 Å². The minimum absolute atomic E-state index is 0.0191. The number of rotatable bonds is 2. The third-order valence-corrected chi connectivity index (χ3v) is 14.0. The lowest BCUT2D eigenvalue weighted by molar-refractivity contribution is 0.814. The van der Waals surface area contributed by atoms with Crippen molar-refractivity contribution in [2.45, 2.75) is 39.7 Å². The maximum Gasteiger partial charge on any atom is 0.163 e. The first kappa shape index (κ1) is 18.4. The van der Waals surface area contributed by atoms with E-state index in [9.17, 15) is 0 Å². The maximum atomic E-state index is 2.54. The predicted molar refractivity (Wildman–Crippen MR) is 128 cm³/mol. The summed E-state index contributed by atoms with van der Waals surface area (Å²) in [6.45, 7) is 11.9. The largest absolute Gasteiger partial charge is 0.163 e. The Balaban J connectivity index is 2.02. The van der Waals surface area contributed by atoms with Crippen molar-refractivity contribution < 1.29 is 0 Å². The first-order chi connectivity index (χ1) is 14.0. The minimum Gasteiger partial charge on any atom is -0.0624 e. The first-order valence-electron chi connectivity index (χ1n) is 10.6. The highest BCUT2D eigenvalue weighted by molar-refractivity contribution is 7.16. The fourth-order valence-electron chi connectivity index (χ4n) is 6.22. The van der Waals surface area contributed by atoms with Crippen molar-refractivity contribution in [3.05, 3.63) is 101 Å². The molecule has 0 spiro atoms. The standard InChI is InChI=1S/C28H28Si/c1-19-20(2)22(4)28(5,21(19)3)29(23-13-7-6-8-14-23)26-17-11-9-15-24(26)25-16-10-12-18-27(25)29/h6-18H,1-5H3. The molecule has 0 N–H and O–H groups in total. The Kier molecular flexibility index (Phi) is 3.92. The molecular formula is C28H28Si. The Morgan fingerprint density at radius 3 is 1.45 bits per heavy atom. The van der Waals surface area contributed by atoms with Crippen LogP contribution in [0.5, 0.6) is 0 Å². The van der Waals surface area contributed by atoms with Gasteiger partial charge in [-0.25, -0.2) is 0 Å². The van der Waals surface area contributed by atoms with Gasteiger partial charge in [0.1, 0.15) is 0 Å². The second-order valence-electron chi connectivity index (χ2n) is 8.83. The molecule has 0 nitrogen and oxygen atoms in total. The van der Waals surface area contributed by atoms with Crippen molar-refractivity contribution in [3.8, 4) is 11.1 Å². The van der Waals surface area contributed by atoms with Crippen LogP contribution in [0.4, 0.5) is 0 Å². The van der Waals surface area contributed by atoms with E-state index in [0.29, 0.717) is 0 Å². The van der Waals surface area contributed by atoms with E-state index in [4.69, 9.17) is 0 Å². The van der Waals surface area contributed by atoms with Crippen LogP contribution in [0.15, 0.2) is 101 Å². The van der Waals surface area contributed by atoms with Gasteiger partial charge in [-0.05, 0) is 65.5 Å². The van der Waals surface area contributed by atoms with E-state index in [-0.39, 0.29) is 5.04 Å². The summed E-state index contributed by atoms with van der Waals surface area (Å²) < 4.78 is 0. The zero-order valence-corrected chi connectivity index (χ0v) is 19.0. The molecule has 0 bridgehead atoms. The van der Waals surface area contributed by atoms with Gasteiger partial charge >= 0.3 is 0 Å². The number of allylic oxidation sites excluding steroid dienone is 4. The van der Waals surface area contributed by atoms with Gasteiger partial charge in [-0.2, -0.15) is 0 Å². The molecule has 0 aromatic heterocycles. The van der Waals surface area contributed by atoms with Gasteiger partial charge in [0.2, 0.25) is 0 Å². The predicted octanol–water partition coefficient (Wildman–Crippen LogP) is 5.58. The molecule has 3 aromatic rings. The summed E-state index contributed by atoms with van der Waals surface area (Å²) in [5, 5.41) is 4.67. The Morgan fingerprint density at radius 1 is 0.552 bits per heavy atom. The van der Waals surface area contributed by atoms with Gasteiger partial charge in [0.25, 0.3) is 0 Å². The average molecular weight is 393 g/mol. The van der Waals surface area contributed by atoms with Crippen molar-refractivity contribution in [3.63, 3.8) is 0 Å². The lowest BCUT2D eigenvalue weighted by Gasteiger charge is -2.47. The van der Waals surface area contributed by atoms with E-state index in [1.807, 2.05) is 0 Å². The van der Waals surface area contributed by atoms with Crippen LogP contribution in [0.1, 0.15) is 34.6 Å². The summed E-state index contributed by atoms with van der Waals surface area (Å²) in [7, 11) is -2.37. The number of benzene rings is 3. The van der Waals surface area contributed by atoms with E-state index in [0.717, 1.165) is 0 Å². The van der Waals surface area contributed by atoms with Crippen molar-refractivity contribution in [1.82, 2.24) is 0 Å². The highest BCUT2D eigenvalue weighted by Gasteiger charge is 2.61. The highest BCUT2D eigenvalue weighted by atomic mass is 28.3. The minimum atomic E-state index is -2.37. The van der Waals surface area contributed by atoms with Crippen LogP contribution in [-0.2, 0) is 0 Å². The zero-order chi connectivity index (χ0) is 20.4. The van der Waals surface area contributed by atoms with Crippen LogP contribution < -0.4 is 15.6 Å². The van der Waals surface area contributed by atoms with Crippen LogP contribution in [0, 0.1) is 0 Å². The third kappa shape index (κ3) is 2.04. The molecule has 2 aliphatic rings. The molecule has 1 heterocycles. The SMILES string of the molecule is CC1=C(C)C(C)([Si]2(c3ccccc3)c3ccccc3-c3ccccc32)C(C)=C1C. The topological polar surface area (TPSA) is 0 Å². The lowest BCUT2D eigenvalue weighted by Crippen LogP contribution is -2.71. The summed E-state index contributed by atoms with van der Waals surface area (Å²) in [5.74, 6) is 0. The van der Waals surface area contributed by atoms with Gasteiger partial charge in [-0.15, -0.1) is 0 Å². The second-order valence-corrected chi connectivity index (χ2v) is 13.0. The number of fused-ring (bicyclic) bond motifs is 3. The summed E-state index contributed by atoms with van der Waals surface area (Å²) >= 11 is 0. The van der Waals surface area contributed by atoms with Gasteiger partial charge in [-0.1, -0.05) is 96.9 Å². The monoisotopic (exact) mass is 392 g/mol. The van der Waals surface area contributed by atoms with Crippen LogP contribution in [-0.4, -0.2) is 8.07 Å². The third-order valence-electron chi connectivity index (χ3n) is 8.10. The fourth-order valence-corrected chi connectivity index (χ4v) is 12.9. The van der Waals surface area contributed by atoms with E-state index >= 15 is 0 Å². The van der Waals surface area contributed by atoms with Crippen molar-refractivity contribution in [2.24, 2.45) is 0 Å². The van der Waals surface area contributed by atoms with Crippen molar-refractivity contribution >= 4 is 23.6 Å². The Hall–Kier alpha value is -2.64. The summed E-state index contributed by atoms with van der Waals surface area (Å²) in [6.07, 6.45) is 0. The molecule has 0 saturated heterocycles. The molecule has 1 aliphatic heterocycles. The molecule has 1 heteroatoms. The second kappa shape index (κ2) is 6.18. The molecule has 0 radical (unpaired) electrons. The van der Waals surface area contributed by atoms with E-state index in [1.54, 1.807) is 21.5 Å². The van der Waals surface area contributed by atoms with E-state index in [2.05, 4.69) is 113 Å². The summed E-state index contributed by atoms with van der Waals surface area (Å²) in [4.78, 5) is 0. The van der Waals surface area contributed by atoms with E-state index < -0.39 is 8.07 Å². The molecule has 0 atom stereocenters. The highest BCUT2D eigenvalue weighted by Crippen LogP contribution is 2.59. The zero-order valence-electron chi connectivity index (χ0n) is 18.0. The molecule has 144 valence electrons. The summed E-state index contributed by atoms with van der Waals surface area (Å²) in [5.41, 5.74) is 8.93. The molecule has 5 rings (SSSR count). The Labute approximate surface area is 175 Å². The average Bonchev–Trinajstić information content (AvgIpc) is 3.15. The van der Waals surface area contributed by atoms with Crippen molar-refractivity contribution in [2.75, 3.05) is 0 Å². The maximum absolute atomic E-state index is 2.54. The number of hydrogen-bond donors (Lipinski definition) is 0. The lowest BCUT2D eigenvalue weighted by atomic mass is 9.98. The van der Waals surface area contributed by atoms with E-state index in [1.165, 1.54) is 27.5 Å². The normalized spacial score (nSPS) is 18.8. The molecule has 0 unspecified atom stereocenters. The van der Waals surface area contributed by atoms with Crippen LogP contribution in [0.3, 0.4) is 0 Å². The molecule has 0 fully saturated rings. The van der Waals surface area contributed by atoms with Gasteiger partial charge in [0, 0.05) is 5.04 Å². The molecular weight excluding hydrogens is 364 g/mol. The molecule has 0 amide bonds. The molecule has 29 heavy (non-hydrogen) atoms. The van der Waals surface area contributed by atoms with Gasteiger partial charge in [-0.3, -0.25) is 0 Å². The van der Waals surface area contributed by atoms with Gasteiger partial charge < -0.3 is 0 Å². The molecule has 1 aliphatic carbocycles. The molecule has 0 saturated carbocycles. The summed E-state index contributed by atoms with van der Waals surface area (Å²) in [6, 6.07) is 29.8. The van der Waals surface area contributed by atoms with Crippen molar-refractivity contribution in [1.29, 1.82) is 0 Å². The number of hydrogen-bond acceptors (Lipinski definition) is 0. The van der Waals surface area contributed by atoms with Gasteiger partial charge in [0.05, 0.1) is 0 Å². The Bertz CT molecular complexity index is 1120. The quantitative estimate of drug-likeness (QED) is 0.499.